The van der Waals surface area contributed by atoms with Crippen LogP contribution in [0.1, 0.15) is 25.0 Å². The first kappa shape index (κ1) is 21.0. The van der Waals surface area contributed by atoms with Crippen molar-refractivity contribution in [2.75, 3.05) is 18.2 Å². The number of halogens is 2. The second-order valence-electron chi connectivity index (χ2n) is 6.27. The van der Waals surface area contributed by atoms with Crippen LogP contribution in [-0.4, -0.2) is 25.0 Å². The fourth-order valence-corrected chi connectivity index (χ4v) is 3.29. The van der Waals surface area contributed by atoms with Crippen LogP contribution in [0.25, 0.3) is 6.08 Å². The molecule has 0 bridgehead atoms. The molecule has 1 fully saturated rings. The van der Waals surface area contributed by atoms with Crippen molar-refractivity contribution < 1.29 is 19.1 Å². The van der Waals surface area contributed by atoms with Crippen LogP contribution in [0, 0.1) is 6.92 Å². The summed E-state index contributed by atoms with van der Waals surface area (Å²) < 4.78 is 11.1. The van der Waals surface area contributed by atoms with Crippen LogP contribution in [0.3, 0.4) is 0 Å². The van der Waals surface area contributed by atoms with Gasteiger partial charge in [-0.2, -0.15) is 0 Å². The Kier molecular flexibility index (Phi) is 6.35. The Hall–Kier alpha value is -2.70. The summed E-state index contributed by atoms with van der Waals surface area (Å²) in [7, 11) is 0. The lowest BCUT2D eigenvalue weighted by Gasteiger charge is -2.15. The number of aryl methyl sites for hydroxylation is 1. The molecule has 2 aromatic carbocycles. The average Bonchev–Trinajstić information content (AvgIpc) is 2.95. The third kappa shape index (κ3) is 4.33. The first-order valence-electron chi connectivity index (χ1n) is 9.08. The summed E-state index contributed by atoms with van der Waals surface area (Å²) >= 11 is 12.5. The fraction of sp³-hybridized carbons (Fsp3) is 0.238. The highest BCUT2D eigenvalue weighted by molar-refractivity contribution is 6.34. The minimum atomic E-state index is -0.519. The number of nitrogens with zero attached hydrogens (tertiary/aromatic N) is 1. The third-order valence-electron chi connectivity index (χ3n) is 4.24. The number of hydrogen-bond acceptors (Lipinski definition) is 4. The van der Waals surface area contributed by atoms with Gasteiger partial charge >= 0.3 is 0 Å². The van der Waals surface area contributed by atoms with E-state index >= 15 is 0 Å². The van der Waals surface area contributed by atoms with E-state index in [9.17, 15) is 9.59 Å². The number of carbonyl (C=O) groups excluding carboxylic acids is 2. The molecule has 29 heavy (non-hydrogen) atoms. The molecule has 1 N–H and O–H groups in total. The maximum atomic E-state index is 12.8. The minimum absolute atomic E-state index is 0.0237. The standard InChI is InChI=1S/C21H20Cl2N2O4/c1-4-28-18-10-13(9-17(23)19(18)29-5-2)8-15-20(26)24-25(21(15)27)14-7-6-12(3)16(22)11-14/h6-11H,4-5H2,1-3H3,(H,24,26)/b15-8+. The van der Waals surface area contributed by atoms with Crippen molar-refractivity contribution in [3.63, 3.8) is 0 Å². The highest BCUT2D eigenvalue weighted by atomic mass is 35.5. The second-order valence-corrected chi connectivity index (χ2v) is 7.08. The number of anilines is 1. The molecule has 8 heteroatoms. The maximum Gasteiger partial charge on any atom is 0.282 e. The van der Waals surface area contributed by atoms with Crippen molar-refractivity contribution in [3.8, 4) is 11.5 Å². The van der Waals surface area contributed by atoms with Gasteiger partial charge in [0.2, 0.25) is 0 Å². The lowest BCUT2D eigenvalue weighted by Crippen LogP contribution is -2.35. The number of hydrogen-bond donors (Lipinski definition) is 1. The van der Waals surface area contributed by atoms with E-state index in [1.54, 1.807) is 30.3 Å². The monoisotopic (exact) mass is 434 g/mol. The molecule has 0 atom stereocenters. The Morgan fingerprint density at radius 2 is 1.76 bits per heavy atom. The van der Waals surface area contributed by atoms with Crippen LogP contribution < -0.4 is 19.9 Å². The van der Waals surface area contributed by atoms with Crippen LogP contribution in [0.15, 0.2) is 35.9 Å². The van der Waals surface area contributed by atoms with Crippen LogP contribution >= 0.6 is 23.2 Å². The Balaban J connectivity index is 1.96. The molecule has 0 saturated carbocycles. The molecule has 0 aromatic heterocycles. The second kappa shape index (κ2) is 8.76. The molecule has 3 rings (SSSR count). The zero-order chi connectivity index (χ0) is 21.1. The summed E-state index contributed by atoms with van der Waals surface area (Å²) in [5.74, 6) is -0.134. The molecule has 2 amide bonds. The van der Waals surface area contributed by atoms with E-state index in [4.69, 9.17) is 32.7 Å². The fourth-order valence-electron chi connectivity index (χ4n) is 2.85. The van der Waals surface area contributed by atoms with Gasteiger partial charge in [0, 0.05) is 5.02 Å². The number of nitrogens with one attached hydrogen (secondary N) is 1. The number of amides is 2. The van der Waals surface area contributed by atoms with Gasteiger partial charge in [0.05, 0.1) is 23.9 Å². The molecule has 2 aromatic rings. The molecule has 0 radical (unpaired) electrons. The molecule has 0 spiro atoms. The van der Waals surface area contributed by atoms with Crippen LogP contribution in [0.4, 0.5) is 5.69 Å². The summed E-state index contributed by atoms with van der Waals surface area (Å²) in [5.41, 5.74) is 4.42. The van der Waals surface area contributed by atoms with E-state index < -0.39 is 11.8 Å². The minimum Gasteiger partial charge on any atom is -0.490 e. The quantitative estimate of drug-likeness (QED) is 0.534. The summed E-state index contributed by atoms with van der Waals surface area (Å²) in [4.78, 5) is 25.3. The number of rotatable bonds is 6. The summed E-state index contributed by atoms with van der Waals surface area (Å²) in [6.07, 6.45) is 1.47. The van der Waals surface area contributed by atoms with Crippen LogP contribution in [0.2, 0.25) is 10.0 Å². The molecule has 0 aliphatic carbocycles. The van der Waals surface area contributed by atoms with Gasteiger partial charge in [-0.25, -0.2) is 5.01 Å². The van der Waals surface area contributed by atoms with E-state index in [1.165, 1.54) is 11.1 Å². The first-order valence-corrected chi connectivity index (χ1v) is 9.83. The topological polar surface area (TPSA) is 67.9 Å². The molecule has 1 aliphatic heterocycles. The van der Waals surface area contributed by atoms with Gasteiger partial charge in [-0.05, 0) is 62.2 Å². The maximum absolute atomic E-state index is 12.8. The van der Waals surface area contributed by atoms with E-state index in [2.05, 4.69) is 5.43 Å². The van der Waals surface area contributed by atoms with E-state index in [0.717, 1.165) is 5.56 Å². The lowest BCUT2D eigenvalue weighted by atomic mass is 10.1. The molecular weight excluding hydrogens is 415 g/mol. The van der Waals surface area contributed by atoms with Crippen molar-refractivity contribution in [2.24, 2.45) is 0 Å². The zero-order valence-electron chi connectivity index (χ0n) is 16.2. The number of carbonyl (C=O) groups is 2. The SMILES string of the molecule is CCOc1cc(/C=C2\C(=O)NN(c3ccc(C)c(Cl)c3)C2=O)cc(Cl)c1OCC. The van der Waals surface area contributed by atoms with E-state index in [0.29, 0.717) is 46.0 Å². The van der Waals surface area contributed by atoms with Crippen molar-refractivity contribution in [2.45, 2.75) is 20.8 Å². The van der Waals surface area contributed by atoms with Crippen LogP contribution in [0.5, 0.6) is 11.5 Å². The van der Waals surface area contributed by atoms with Gasteiger partial charge < -0.3 is 9.47 Å². The van der Waals surface area contributed by atoms with E-state index in [1.807, 2.05) is 20.8 Å². The van der Waals surface area contributed by atoms with Crippen molar-refractivity contribution in [1.82, 2.24) is 5.43 Å². The van der Waals surface area contributed by atoms with Crippen LogP contribution in [-0.2, 0) is 9.59 Å². The molecule has 152 valence electrons. The first-order chi connectivity index (χ1) is 13.8. The normalized spacial score (nSPS) is 15.1. The van der Waals surface area contributed by atoms with Crippen molar-refractivity contribution in [1.29, 1.82) is 0 Å². The summed E-state index contributed by atoms with van der Waals surface area (Å²) in [6, 6.07) is 8.41. The number of ether oxygens (including phenoxy) is 2. The smallest absolute Gasteiger partial charge is 0.282 e. The number of benzene rings is 2. The molecule has 1 aliphatic rings. The Bertz CT molecular complexity index is 1000. The van der Waals surface area contributed by atoms with Gasteiger partial charge in [-0.1, -0.05) is 29.3 Å². The summed E-state index contributed by atoms with van der Waals surface area (Å²) in [6.45, 7) is 6.38. The predicted octanol–water partition coefficient (Wildman–Crippen LogP) is 4.56. The molecule has 1 saturated heterocycles. The Morgan fingerprint density at radius 3 is 2.41 bits per heavy atom. The van der Waals surface area contributed by atoms with Gasteiger partial charge in [0.1, 0.15) is 5.57 Å². The highest BCUT2D eigenvalue weighted by Gasteiger charge is 2.34. The van der Waals surface area contributed by atoms with E-state index in [-0.39, 0.29) is 5.57 Å². The Labute approximate surface area is 179 Å². The Morgan fingerprint density at radius 1 is 1.03 bits per heavy atom. The van der Waals surface area contributed by atoms with Gasteiger partial charge in [0.25, 0.3) is 11.8 Å². The largest absolute Gasteiger partial charge is 0.490 e. The van der Waals surface area contributed by atoms with Gasteiger partial charge in [0.15, 0.2) is 11.5 Å². The predicted molar refractivity (Wildman–Crippen MR) is 114 cm³/mol. The molecule has 6 nitrogen and oxygen atoms in total. The summed E-state index contributed by atoms with van der Waals surface area (Å²) in [5, 5.41) is 2.00. The zero-order valence-corrected chi connectivity index (χ0v) is 17.7. The number of hydrazine groups is 1. The molecular formula is C21H20Cl2N2O4. The third-order valence-corrected chi connectivity index (χ3v) is 4.92. The molecule has 0 unspecified atom stereocenters. The average molecular weight is 435 g/mol. The van der Waals surface area contributed by atoms with Gasteiger partial charge in [-0.15, -0.1) is 0 Å². The highest BCUT2D eigenvalue weighted by Crippen LogP contribution is 2.37. The van der Waals surface area contributed by atoms with Gasteiger partial charge in [-0.3, -0.25) is 15.0 Å². The van der Waals surface area contributed by atoms with Crippen molar-refractivity contribution in [3.05, 3.63) is 57.1 Å². The molecule has 1 heterocycles. The van der Waals surface area contributed by atoms with Crippen molar-refractivity contribution >= 4 is 46.8 Å². The lowest BCUT2D eigenvalue weighted by molar-refractivity contribution is -0.117.